The van der Waals surface area contributed by atoms with Crippen LogP contribution >= 0.6 is 67.8 Å². The van der Waals surface area contributed by atoms with Crippen molar-refractivity contribution in [1.82, 2.24) is 4.90 Å². The Morgan fingerprint density at radius 1 is 1.03 bits per heavy atom. The number of fused-ring (bicyclic) bond motifs is 1. The molecule has 37 heavy (non-hydrogen) atoms. The van der Waals surface area contributed by atoms with Crippen LogP contribution < -0.4 is 0 Å². The number of hydrogen-bond acceptors (Lipinski definition) is 8. The van der Waals surface area contributed by atoms with E-state index in [1.165, 1.54) is 0 Å². The van der Waals surface area contributed by atoms with Gasteiger partial charge in [-0.25, -0.2) is 4.79 Å². The van der Waals surface area contributed by atoms with Crippen molar-refractivity contribution in [3.8, 4) is 0 Å². The van der Waals surface area contributed by atoms with Gasteiger partial charge in [-0.3, -0.25) is 13.9 Å². The molecule has 2 saturated heterocycles. The second-order valence-corrected chi connectivity index (χ2v) is 17.1. The summed E-state index contributed by atoms with van der Waals surface area (Å²) < 4.78 is 46.1. The highest BCUT2D eigenvalue weighted by Gasteiger charge is 2.72. The maximum Gasteiger partial charge on any atom is 0.339 e. The largest absolute Gasteiger partial charge is 0.462 e. The van der Waals surface area contributed by atoms with Crippen LogP contribution in [0.3, 0.4) is 0 Å². The Labute approximate surface area is 258 Å². The van der Waals surface area contributed by atoms with Gasteiger partial charge < -0.3 is 9.47 Å². The lowest BCUT2D eigenvalue weighted by Gasteiger charge is -2.53. The van der Waals surface area contributed by atoms with Gasteiger partial charge in [-0.05, 0) is 121 Å². The van der Waals surface area contributed by atoms with Gasteiger partial charge in [-0.15, -0.1) is 0 Å². The van der Waals surface area contributed by atoms with Crippen LogP contribution in [0.1, 0.15) is 57.3 Å². The van der Waals surface area contributed by atoms with E-state index < -0.39 is 51.4 Å². The van der Waals surface area contributed by atoms with E-state index >= 15 is 0 Å². The molecule has 0 radical (unpaired) electrons. The van der Waals surface area contributed by atoms with E-state index in [4.69, 9.17) is 13.7 Å². The van der Waals surface area contributed by atoms with Crippen molar-refractivity contribution in [2.24, 2.45) is 17.8 Å². The summed E-state index contributed by atoms with van der Waals surface area (Å²) >= 11 is 6.43. The average Bonchev–Trinajstić information content (AvgIpc) is 3.36. The third-order valence-electron chi connectivity index (χ3n) is 8.81. The number of rotatable bonds is 4. The minimum absolute atomic E-state index is 0.186. The number of likely N-dealkylation sites (tertiary alicyclic amines) is 1. The minimum atomic E-state index is -3.98. The Morgan fingerprint density at radius 3 is 2.27 bits per heavy atom. The van der Waals surface area contributed by atoms with Gasteiger partial charge in [0.05, 0.1) is 11.5 Å². The van der Waals surface area contributed by atoms with E-state index in [1.54, 1.807) is 6.07 Å². The maximum atomic E-state index is 13.6. The molecule has 0 spiro atoms. The Balaban J connectivity index is 1.39. The third kappa shape index (κ3) is 4.88. The first-order chi connectivity index (χ1) is 17.0. The van der Waals surface area contributed by atoms with Crippen LogP contribution in [0.2, 0.25) is 0 Å². The number of nitrogens with zero attached hydrogens (tertiary/aromatic N) is 1. The molecule has 8 nitrogen and oxygen atoms in total. The Bertz CT molecular complexity index is 1250. The lowest BCUT2D eigenvalue weighted by atomic mass is 9.78. The quantitative estimate of drug-likeness (QED) is 0.188. The van der Waals surface area contributed by atoms with Crippen molar-refractivity contribution < 1.29 is 31.7 Å². The fraction of sp³-hybridized carbons (Fsp3) is 0.680. The standard InChI is InChI=1S/C25H30I3NO7S/c1-24(2)9-12(10-25(3,4)29(24)5)34-23(31)17-13-8-15-20(36-37(32,33)21(15)17)19(13)35-22(30)14-6-11(26)7-16(27)18(14)28/h6-7,12-13,15,17,19-21H,8-10H2,1-5H3. The molecule has 4 aliphatic rings. The summed E-state index contributed by atoms with van der Waals surface area (Å²) in [7, 11) is -1.91. The number of esters is 2. The number of halogens is 3. The van der Waals surface area contributed by atoms with Crippen molar-refractivity contribution in [2.75, 3.05) is 7.05 Å². The van der Waals surface area contributed by atoms with Gasteiger partial charge in [0.15, 0.2) is 0 Å². The van der Waals surface area contributed by atoms with Gasteiger partial charge in [-0.1, -0.05) is 0 Å². The Morgan fingerprint density at radius 2 is 1.65 bits per heavy atom. The Hall–Kier alpha value is 0.220. The number of benzene rings is 1. The molecule has 1 aromatic carbocycles. The van der Waals surface area contributed by atoms with E-state index in [0.29, 0.717) is 24.8 Å². The molecule has 4 fully saturated rings. The summed E-state index contributed by atoms with van der Waals surface area (Å²) in [6.45, 7) is 8.48. The van der Waals surface area contributed by atoms with E-state index in [-0.39, 0.29) is 23.1 Å². The van der Waals surface area contributed by atoms with Crippen LogP contribution in [0.5, 0.6) is 0 Å². The van der Waals surface area contributed by atoms with Gasteiger partial charge in [0.1, 0.15) is 23.6 Å². The number of hydrogen-bond donors (Lipinski definition) is 0. The number of piperidine rings is 1. The molecule has 5 rings (SSSR count). The second-order valence-electron chi connectivity index (χ2n) is 11.9. The molecule has 2 bridgehead atoms. The molecule has 0 N–H and O–H groups in total. The van der Waals surface area contributed by atoms with E-state index in [0.717, 1.165) is 10.7 Å². The highest BCUT2D eigenvalue weighted by molar-refractivity contribution is 14.1. The second kappa shape index (κ2) is 9.65. The SMILES string of the molecule is CN1C(C)(C)CC(OC(=O)C2C3CC4C(OS(=O)(=O)C42)C3OC(=O)c2cc(I)cc(I)c2I)CC1(C)C. The average molecular weight is 869 g/mol. The zero-order chi connectivity index (χ0) is 27.2. The zero-order valence-corrected chi connectivity index (χ0v) is 28.5. The van der Waals surface area contributed by atoms with E-state index in [9.17, 15) is 18.0 Å². The topological polar surface area (TPSA) is 99.2 Å². The molecular formula is C25H30I3NO7S. The predicted molar refractivity (Wildman–Crippen MR) is 161 cm³/mol. The van der Waals surface area contributed by atoms with Crippen molar-refractivity contribution in [3.63, 3.8) is 0 Å². The van der Waals surface area contributed by atoms with Crippen LogP contribution in [0.25, 0.3) is 0 Å². The molecule has 204 valence electrons. The van der Waals surface area contributed by atoms with Crippen LogP contribution in [-0.4, -0.2) is 66.9 Å². The molecule has 1 aromatic rings. The summed E-state index contributed by atoms with van der Waals surface area (Å²) in [6, 6.07) is 3.72. The number of carbonyl (C=O) groups is 2. The van der Waals surface area contributed by atoms with Gasteiger partial charge in [0.2, 0.25) is 0 Å². The number of carbonyl (C=O) groups excluding carboxylic acids is 2. The number of ether oxygens (including phenoxy) is 2. The summed E-state index contributed by atoms with van der Waals surface area (Å²) in [6.07, 6.45) is -0.146. The molecule has 6 unspecified atom stereocenters. The van der Waals surface area contributed by atoms with Crippen LogP contribution in [0.15, 0.2) is 12.1 Å². The van der Waals surface area contributed by atoms with Gasteiger partial charge in [0.25, 0.3) is 10.1 Å². The fourth-order valence-electron chi connectivity index (χ4n) is 6.95. The predicted octanol–water partition coefficient (Wildman–Crippen LogP) is 4.58. The highest BCUT2D eigenvalue weighted by Crippen LogP contribution is 2.59. The summed E-state index contributed by atoms with van der Waals surface area (Å²) in [4.78, 5) is 29.2. The van der Waals surface area contributed by atoms with E-state index in [2.05, 4.69) is 107 Å². The highest BCUT2D eigenvalue weighted by atomic mass is 127. The molecule has 0 amide bonds. The van der Waals surface area contributed by atoms with Gasteiger partial charge >= 0.3 is 11.9 Å². The van der Waals surface area contributed by atoms with Crippen molar-refractivity contribution in [1.29, 1.82) is 0 Å². The van der Waals surface area contributed by atoms with Crippen LogP contribution in [0, 0.1) is 28.5 Å². The summed E-state index contributed by atoms with van der Waals surface area (Å²) in [5, 5.41) is -0.948. The normalized spacial score (nSPS) is 35.5. The van der Waals surface area contributed by atoms with Gasteiger partial charge in [-0.2, -0.15) is 8.42 Å². The monoisotopic (exact) mass is 869 g/mol. The summed E-state index contributed by atoms with van der Waals surface area (Å²) in [5.41, 5.74) is 0.0520. The van der Waals surface area contributed by atoms with E-state index in [1.807, 2.05) is 6.07 Å². The lowest BCUT2D eigenvalue weighted by molar-refractivity contribution is -0.167. The first kappa shape index (κ1) is 28.7. The minimum Gasteiger partial charge on any atom is -0.462 e. The zero-order valence-electron chi connectivity index (χ0n) is 21.2. The van der Waals surface area contributed by atoms with Crippen molar-refractivity contribution in [2.45, 2.75) is 81.6 Å². The molecular weight excluding hydrogens is 839 g/mol. The molecule has 2 heterocycles. The molecule has 2 aliphatic heterocycles. The van der Waals surface area contributed by atoms with Crippen LogP contribution in [0.4, 0.5) is 0 Å². The molecule has 12 heteroatoms. The third-order valence-corrected chi connectivity index (χ3v) is 14.3. The first-order valence-corrected chi connectivity index (χ1v) is 17.0. The molecule has 0 aromatic heterocycles. The smallest absolute Gasteiger partial charge is 0.339 e. The van der Waals surface area contributed by atoms with Gasteiger partial charge in [0, 0.05) is 46.5 Å². The Kier molecular flexibility index (Phi) is 7.50. The van der Waals surface area contributed by atoms with Crippen molar-refractivity contribution in [3.05, 3.63) is 28.4 Å². The first-order valence-electron chi connectivity index (χ1n) is 12.3. The molecule has 6 atom stereocenters. The maximum absolute atomic E-state index is 13.6. The van der Waals surface area contributed by atoms with Crippen LogP contribution in [-0.2, 0) is 28.6 Å². The summed E-state index contributed by atoms with van der Waals surface area (Å²) in [5.74, 6) is -2.81. The lowest BCUT2D eigenvalue weighted by Crippen LogP contribution is -2.60. The molecule has 2 saturated carbocycles. The fourth-order valence-corrected chi connectivity index (χ4v) is 11.4. The van der Waals surface area contributed by atoms with Crippen molar-refractivity contribution >= 4 is 89.8 Å². The molecule has 2 aliphatic carbocycles.